The van der Waals surface area contributed by atoms with Gasteiger partial charge in [-0.25, -0.2) is 0 Å². The summed E-state index contributed by atoms with van der Waals surface area (Å²) in [7, 11) is 1.70. The zero-order chi connectivity index (χ0) is 14.5. The van der Waals surface area contributed by atoms with E-state index in [2.05, 4.69) is 27.0 Å². The molecule has 4 heteroatoms. The average molecular weight is 283 g/mol. The largest absolute Gasteiger partial charge is 0.497 e. The Hall–Kier alpha value is -1.94. The predicted molar refractivity (Wildman–Crippen MR) is 82.3 cm³/mol. The van der Waals surface area contributed by atoms with Gasteiger partial charge in [0.05, 0.1) is 12.8 Å². The summed E-state index contributed by atoms with van der Waals surface area (Å²) in [6, 6.07) is 8.35. The molecule has 0 unspecified atom stereocenters. The summed E-state index contributed by atoms with van der Waals surface area (Å²) in [6.45, 7) is 3.25. The molecule has 0 radical (unpaired) electrons. The normalized spacial score (nSPS) is 16.8. The quantitative estimate of drug-likeness (QED) is 0.865. The van der Waals surface area contributed by atoms with Gasteiger partial charge < -0.3 is 4.74 Å². The van der Waals surface area contributed by atoms with Gasteiger partial charge in [0.2, 0.25) is 0 Å². The van der Waals surface area contributed by atoms with E-state index in [1.807, 2.05) is 18.3 Å². The fourth-order valence-electron chi connectivity index (χ4n) is 2.90. The molecule has 3 rings (SSSR count). The average Bonchev–Trinajstić information content (AvgIpc) is 2.57. The maximum Gasteiger partial charge on any atom is 0.118 e. The van der Waals surface area contributed by atoms with E-state index in [0.717, 1.165) is 43.9 Å². The number of nitrogens with zero attached hydrogens (tertiary/aromatic N) is 3. The highest BCUT2D eigenvalue weighted by molar-refractivity contribution is 5.27. The summed E-state index contributed by atoms with van der Waals surface area (Å²) < 4.78 is 5.20. The Balaban J connectivity index is 1.53. The van der Waals surface area contributed by atoms with E-state index in [4.69, 9.17) is 4.74 Å². The summed E-state index contributed by atoms with van der Waals surface area (Å²) in [4.78, 5) is 11.1. The second kappa shape index (κ2) is 6.68. The minimum Gasteiger partial charge on any atom is -0.497 e. The lowest BCUT2D eigenvalue weighted by Gasteiger charge is -2.31. The monoisotopic (exact) mass is 283 g/mol. The van der Waals surface area contributed by atoms with Crippen molar-refractivity contribution in [1.29, 1.82) is 0 Å². The number of aromatic nitrogens is 2. The zero-order valence-corrected chi connectivity index (χ0v) is 12.4. The molecule has 0 atom stereocenters. The third-order valence-corrected chi connectivity index (χ3v) is 4.15. The van der Waals surface area contributed by atoms with Crippen molar-refractivity contribution in [2.24, 2.45) is 0 Å². The van der Waals surface area contributed by atoms with E-state index in [1.54, 1.807) is 19.5 Å². The van der Waals surface area contributed by atoms with Crippen molar-refractivity contribution >= 4 is 0 Å². The smallest absolute Gasteiger partial charge is 0.118 e. The van der Waals surface area contributed by atoms with Crippen molar-refractivity contribution in [3.05, 3.63) is 54.1 Å². The number of hydrogen-bond acceptors (Lipinski definition) is 4. The molecule has 1 saturated heterocycles. The molecule has 0 amide bonds. The minimum atomic E-state index is 0.561. The highest BCUT2D eigenvalue weighted by atomic mass is 16.5. The zero-order valence-electron chi connectivity index (χ0n) is 12.4. The number of benzene rings is 1. The summed E-state index contributed by atoms with van der Waals surface area (Å²) in [5.74, 6) is 1.48. The van der Waals surface area contributed by atoms with Gasteiger partial charge in [-0.15, -0.1) is 0 Å². The Morgan fingerprint density at radius 2 is 1.90 bits per heavy atom. The standard InChI is InChI=1S/C17H21N3O/c1-21-16-4-2-14(3-5-16)13-20-10-6-15(7-11-20)17-12-18-8-9-19-17/h2-5,8-9,12,15H,6-7,10-11,13H2,1H3. The molecule has 4 nitrogen and oxygen atoms in total. The van der Waals surface area contributed by atoms with Gasteiger partial charge in [0.1, 0.15) is 5.75 Å². The van der Waals surface area contributed by atoms with Crippen LogP contribution in [-0.4, -0.2) is 35.1 Å². The van der Waals surface area contributed by atoms with Crippen LogP contribution in [0.3, 0.4) is 0 Å². The first-order chi connectivity index (χ1) is 10.3. The molecule has 2 aromatic rings. The van der Waals surface area contributed by atoms with E-state index < -0.39 is 0 Å². The minimum absolute atomic E-state index is 0.561. The van der Waals surface area contributed by atoms with E-state index in [0.29, 0.717) is 5.92 Å². The molecule has 1 fully saturated rings. The Labute approximate surface area is 125 Å². The first-order valence-corrected chi connectivity index (χ1v) is 7.46. The second-order valence-electron chi connectivity index (χ2n) is 5.53. The van der Waals surface area contributed by atoms with Crippen LogP contribution in [0, 0.1) is 0 Å². The van der Waals surface area contributed by atoms with Crippen molar-refractivity contribution in [2.45, 2.75) is 25.3 Å². The van der Waals surface area contributed by atoms with Gasteiger partial charge in [0, 0.05) is 31.1 Å². The topological polar surface area (TPSA) is 38.2 Å². The van der Waals surface area contributed by atoms with Crippen molar-refractivity contribution < 1.29 is 4.74 Å². The van der Waals surface area contributed by atoms with E-state index in [1.165, 1.54) is 5.56 Å². The molecular weight excluding hydrogens is 262 g/mol. The molecule has 1 aromatic heterocycles. The van der Waals surface area contributed by atoms with Crippen LogP contribution in [0.25, 0.3) is 0 Å². The maximum absolute atomic E-state index is 5.20. The number of likely N-dealkylation sites (tertiary alicyclic amines) is 1. The van der Waals surface area contributed by atoms with Gasteiger partial charge in [0.15, 0.2) is 0 Å². The van der Waals surface area contributed by atoms with Crippen molar-refractivity contribution in [1.82, 2.24) is 14.9 Å². The van der Waals surface area contributed by atoms with E-state index in [9.17, 15) is 0 Å². The highest BCUT2D eigenvalue weighted by Gasteiger charge is 2.21. The predicted octanol–water partition coefficient (Wildman–Crippen LogP) is 2.86. The number of rotatable bonds is 4. The van der Waals surface area contributed by atoms with Crippen LogP contribution in [-0.2, 0) is 6.54 Å². The van der Waals surface area contributed by atoms with Gasteiger partial charge >= 0.3 is 0 Å². The molecule has 0 spiro atoms. The van der Waals surface area contributed by atoms with E-state index in [-0.39, 0.29) is 0 Å². The lowest BCUT2D eigenvalue weighted by atomic mass is 9.93. The molecule has 0 bridgehead atoms. The van der Waals surface area contributed by atoms with Crippen LogP contribution < -0.4 is 4.74 Å². The summed E-state index contributed by atoms with van der Waals surface area (Å²) in [6.07, 6.45) is 7.76. The van der Waals surface area contributed by atoms with E-state index >= 15 is 0 Å². The second-order valence-corrected chi connectivity index (χ2v) is 5.53. The van der Waals surface area contributed by atoms with Crippen molar-refractivity contribution in [2.75, 3.05) is 20.2 Å². The van der Waals surface area contributed by atoms with Crippen LogP contribution in [0.1, 0.15) is 30.0 Å². The first kappa shape index (κ1) is 14.0. The fourth-order valence-corrected chi connectivity index (χ4v) is 2.90. The molecule has 0 saturated carbocycles. The molecule has 2 heterocycles. The van der Waals surface area contributed by atoms with Gasteiger partial charge in [-0.1, -0.05) is 12.1 Å². The molecule has 1 aromatic carbocycles. The first-order valence-electron chi connectivity index (χ1n) is 7.46. The van der Waals surface area contributed by atoms with Crippen LogP contribution in [0.4, 0.5) is 0 Å². The lowest BCUT2D eigenvalue weighted by molar-refractivity contribution is 0.203. The third-order valence-electron chi connectivity index (χ3n) is 4.15. The fraction of sp³-hybridized carbons (Fsp3) is 0.412. The van der Waals surface area contributed by atoms with Crippen LogP contribution in [0.2, 0.25) is 0 Å². The van der Waals surface area contributed by atoms with Crippen LogP contribution in [0.15, 0.2) is 42.9 Å². The summed E-state index contributed by atoms with van der Waals surface area (Å²) >= 11 is 0. The molecule has 110 valence electrons. The highest BCUT2D eigenvalue weighted by Crippen LogP contribution is 2.26. The van der Waals surface area contributed by atoms with Crippen molar-refractivity contribution in [3.63, 3.8) is 0 Å². The van der Waals surface area contributed by atoms with Gasteiger partial charge in [-0.3, -0.25) is 14.9 Å². The number of methoxy groups -OCH3 is 1. The van der Waals surface area contributed by atoms with Gasteiger partial charge in [0.25, 0.3) is 0 Å². The number of piperidine rings is 1. The Bertz CT molecular complexity index is 548. The van der Waals surface area contributed by atoms with Crippen molar-refractivity contribution in [3.8, 4) is 5.75 Å². The molecular formula is C17H21N3O. The Kier molecular flexibility index (Phi) is 4.46. The van der Waals surface area contributed by atoms with Crippen LogP contribution >= 0.6 is 0 Å². The number of ether oxygens (including phenoxy) is 1. The maximum atomic E-state index is 5.20. The Morgan fingerprint density at radius 1 is 1.14 bits per heavy atom. The molecule has 0 N–H and O–H groups in total. The SMILES string of the molecule is COc1ccc(CN2CCC(c3cnccn3)CC2)cc1. The summed E-state index contributed by atoms with van der Waals surface area (Å²) in [5.41, 5.74) is 2.48. The molecule has 21 heavy (non-hydrogen) atoms. The molecule has 0 aliphatic carbocycles. The van der Waals surface area contributed by atoms with Gasteiger partial charge in [-0.05, 0) is 43.6 Å². The third kappa shape index (κ3) is 3.58. The molecule has 1 aliphatic heterocycles. The Morgan fingerprint density at radius 3 is 2.52 bits per heavy atom. The lowest BCUT2D eigenvalue weighted by Crippen LogP contribution is -2.32. The van der Waals surface area contributed by atoms with Crippen LogP contribution in [0.5, 0.6) is 5.75 Å². The molecule has 1 aliphatic rings. The van der Waals surface area contributed by atoms with Gasteiger partial charge in [-0.2, -0.15) is 0 Å². The summed E-state index contributed by atoms with van der Waals surface area (Å²) in [5, 5.41) is 0. The number of hydrogen-bond donors (Lipinski definition) is 0.